The minimum Gasteiger partial charge on any atom is -0.391 e. The second kappa shape index (κ2) is 10.4. The summed E-state index contributed by atoms with van der Waals surface area (Å²) in [4.78, 5) is 32.1. The summed E-state index contributed by atoms with van der Waals surface area (Å²) in [5.41, 5.74) is 2.64. The van der Waals surface area contributed by atoms with E-state index in [1.807, 2.05) is 34.9 Å². The number of fused-ring (bicyclic) bond motifs is 1. The second-order valence-electron chi connectivity index (χ2n) is 9.44. The molecule has 4 aromatic rings. The van der Waals surface area contributed by atoms with Gasteiger partial charge >= 0.3 is 0 Å². The highest BCUT2D eigenvalue weighted by atomic mass is 16.3. The summed E-state index contributed by atoms with van der Waals surface area (Å²) >= 11 is 0. The molecule has 0 radical (unpaired) electrons. The third-order valence-corrected chi connectivity index (χ3v) is 6.76. The van der Waals surface area contributed by atoms with Gasteiger partial charge < -0.3 is 14.6 Å². The highest BCUT2D eigenvalue weighted by molar-refractivity contribution is 6.04. The Hall–Kier alpha value is -3.82. The topological polar surface area (TPSA) is 105 Å². The number of benzene rings is 2. The maximum Gasteiger partial charge on any atom is 0.267 e. The molecule has 36 heavy (non-hydrogen) atoms. The standard InChI is InChI=1S/C27H30N6O3/c1-31-14-6-9-21(17-31)24(34)18-32-23-11-3-2-10-22(23)29-27(32)30-26(36)20-8-4-7-19(15-20)16-33-25(35)12-5-13-28-33/h2-5,7-8,10-13,15,21,24,34H,6,9,14,16-18H2,1H3,(H,29,30,36). The highest BCUT2D eigenvalue weighted by Gasteiger charge is 2.26. The number of carbonyl (C=O) groups excluding carboxylic acids is 1. The van der Waals surface area contributed by atoms with Gasteiger partial charge in [0, 0.05) is 24.4 Å². The lowest BCUT2D eigenvalue weighted by Gasteiger charge is -2.33. The number of amides is 1. The number of anilines is 1. The number of carbonyl (C=O) groups is 1. The highest BCUT2D eigenvalue weighted by Crippen LogP contribution is 2.25. The summed E-state index contributed by atoms with van der Waals surface area (Å²) in [7, 11) is 2.08. The summed E-state index contributed by atoms with van der Waals surface area (Å²) in [6.07, 6.45) is 3.04. The Labute approximate surface area is 209 Å². The van der Waals surface area contributed by atoms with Crippen molar-refractivity contribution < 1.29 is 9.90 Å². The number of nitrogens with zero attached hydrogens (tertiary/aromatic N) is 5. The Morgan fingerprint density at radius 3 is 2.86 bits per heavy atom. The number of hydrogen-bond donors (Lipinski definition) is 2. The van der Waals surface area contributed by atoms with Crippen molar-refractivity contribution in [2.45, 2.75) is 32.0 Å². The summed E-state index contributed by atoms with van der Waals surface area (Å²) in [5, 5.41) is 18.1. The molecule has 2 aromatic heterocycles. The third-order valence-electron chi connectivity index (χ3n) is 6.76. The van der Waals surface area contributed by atoms with Crippen LogP contribution in [0.2, 0.25) is 0 Å². The predicted octanol–water partition coefficient (Wildman–Crippen LogP) is 2.60. The number of hydrogen-bond acceptors (Lipinski definition) is 6. The van der Waals surface area contributed by atoms with Crippen molar-refractivity contribution in [2.24, 2.45) is 5.92 Å². The molecule has 5 rings (SSSR count). The van der Waals surface area contributed by atoms with Crippen molar-refractivity contribution in [3.8, 4) is 0 Å². The van der Waals surface area contributed by atoms with Crippen molar-refractivity contribution in [3.63, 3.8) is 0 Å². The lowest BCUT2D eigenvalue weighted by molar-refractivity contribution is 0.0487. The molecule has 9 heteroatoms. The Bertz CT molecular complexity index is 1430. The van der Waals surface area contributed by atoms with Crippen LogP contribution in [-0.4, -0.2) is 61.5 Å². The van der Waals surface area contributed by atoms with Gasteiger partial charge in [-0.15, -0.1) is 0 Å². The van der Waals surface area contributed by atoms with E-state index in [0.29, 0.717) is 18.1 Å². The molecule has 9 nitrogen and oxygen atoms in total. The van der Waals surface area contributed by atoms with Gasteiger partial charge in [-0.05, 0) is 68.2 Å². The lowest BCUT2D eigenvalue weighted by atomic mass is 9.92. The fraction of sp³-hybridized carbons (Fsp3) is 0.333. The fourth-order valence-corrected chi connectivity index (χ4v) is 4.88. The van der Waals surface area contributed by atoms with E-state index in [2.05, 4.69) is 27.3 Å². The van der Waals surface area contributed by atoms with Crippen LogP contribution in [0, 0.1) is 5.92 Å². The maximum atomic E-state index is 13.2. The van der Waals surface area contributed by atoms with E-state index in [1.54, 1.807) is 30.5 Å². The van der Waals surface area contributed by atoms with Crippen LogP contribution in [0.25, 0.3) is 11.0 Å². The molecule has 2 unspecified atom stereocenters. The summed E-state index contributed by atoms with van der Waals surface area (Å²) in [5.74, 6) is 0.254. The zero-order valence-electron chi connectivity index (χ0n) is 20.2. The third kappa shape index (κ3) is 5.22. The summed E-state index contributed by atoms with van der Waals surface area (Å²) < 4.78 is 3.24. The first-order valence-electron chi connectivity index (χ1n) is 12.2. The Kier molecular flexibility index (Phi) is 6.92. The molecule has 0 aliphatic carbocycles. The van der Waals surface area contributed by atoms with Gasteiger partial charge in [0.1, 0.15) is 0 Å². The van der Waals surface area contributed by atoms with Crippen LogP contribution in [0.3, 0.4) is 0 Å². The van der Waals surface area contributed by atoms with Crippen LogP contribution in [-0.2, 0) is 13.1 Å². The lowest BCUT2D eigenvalue weighted by Crippen LogP contribution is -2.39. The van der Waals surface area contributed by atoms with Crippen LogP contribution in [0.1, 0.15) is 28.8 Å². The van der Waals surface area contributed by atoms with Gasteiger partial charge in [0.25, 0.3) is 11.5 Å². The van der Waals surface area contributed by atoms with E-state index < -0.39 is 6.10 Å². The van der Waals surface area contributed by atoms with Gasteiger partial charge in [-0.3, -0.25) is 14.9 Å². The molecule has 1 fully saturated rings. The first-order valence-corrected chi connectivity index (χ1v) is 12.2. The predicted molar refractivity (Wildman–Crippen MR) is 138 cm³/mol. The van der Waals surface area contributed by atoms with Crippen LogP contribution in [0.15, 0.2) is 71.7 Å². The molecule has 3 heterocycles. The molecule has 186 valence electrons. The van der Waals surface area contributed by atoms with Gasteiger partial charge in [-0.2, -0.15) is 5.10 Å². The number of aliphatic hydroxyl groups is 1. The average molecular weight is 487 g/mol. The molecule has 0 saturated carbocycles. The molecule has 0 bridgehead atoms. The molecule has 1 saturated heterocycles. The molecule has 0 spiro atoms. The molecular weight excluding hydrogens is 456 g/mol. The first kappa shape index (κ1) is 23.9. The number of piperidine rings is 1. The van der Waals surface area contributed by atoms with E-state index in [9.17, 15) is 14.7 Å². The SMILES string of the molecule is CN1CCCC(C(O)Cn2c(NC(=O)c3cccc(Cn4ncccc4=O)c3)nc3ccccc32)C1. The average Bonchev–Trinajstić information content (AvgIpc) is 3.22. The van der Waals surface area contributed by atoms with E-state index in [0.717, 1.165) is 42.5 Å². The monoisotopic (exact) mass is 486 g/mol. The zero-order valence-corrected chi connectivity index (χ0v) is 20.2. The van der Waals surface area contributed by atoms with Gasteiger partial charge in [0.05, 0.1) is 30.2 Å². The van der Waals surface area contributed by atoms with Crippen LogP contribution >= 0.6 is 0 Å². The van der Waals surface area contributed by atoms with Gasteiger partial charge in [-0.1, -0.05) is 24.3 Å². The summed E-state index contributed by atoms with van der Waals surface area (Å²) in [6.45, 7) is 2.51. The van der Waals surface area contributed by atoms with Crippen molar-refractivity contribution in [1.29, 1.82) is 0 Å². The molecule has 2 atom stereocenters. The van der Waals surface area contributed by atoms with Gasteiger partial charge in [-0.25, -0.2) is 9.67 Å². The van der Waals surface area contributed by atoms with E-state index in [-0.39, 0.29) is 23.9 Å². The van der Waals surface area contributed by atoms with Crippen molar-refractivity contribution in [1.82, 2.24) is 24.2 Å². The van der Waals surface area contributed by atoms with Crippen molar-refractivity contribution in [3.05, 3.63) is 88.3 Å². The van der Waals surface area contributed by atoms with Crippen molar-refractivity contribution in [2.75, 3.05) is 25.5 Å². The number of para-hydroxylation sites is 2. The van der Waals surface area contributed by atoms with Crippen molar-refractivity contribution >= 4 is 22.9 Å². The fourth-order valence-electron chi connectivity index (χ4n) is 4.88. The zero-order chi connectivity index (χ0) is 25.1. The van der Waals surface area contributed by atoms with Crippen LogP contribution < -0.4 is 10.9 Å². The Morgan fingerprint density at radius 1 is 1.17 bits per heavy atom. The van der Waals surface area contributed by atoms with Gasteiger partial charge in [0.2, 0.25) is 5.95 Å². The molecular formula is C27H30N6O3. The minimum atomic E-state index is -0.555. The largest absolute Gasteiger partial charge is 0.391 e. The van der Waals surface area contributed by atoms with Gasteiger partial charge in [0.15, 0.2) is 0 Å². The number of nitrogens with one attached hydrogen (secondary N) is 1. The number of rotatable bonds is 7. The van der Waals surface area contributed by atoms with Crippen LogP contribution in [0.5, 0.6) is 0 Å². The molecule has 1 aliphatic rings. The first-order chi connectivity index (χ1) is 17.5. The Balaban J connectivity index is 1.38. The summed E-state index contributed by atoms with van der Waals surface area (Å²) in [6, 6.07) is 17.8. The molecule has 2 aromatic carbocycles. The normalized spacial score (nSPS) is 17.2. The number of imidazole rings is 1. The Morgan fingerprint density at radius 2 is 2.03 bits per heavy atom. The number of aromatic nitrogens is 4. The second-order valence-corrected chi connectivity index (χ2v) is 9.44. The molecule has 2 N–H and O–H groups in total. The minimum absolute atomic E-state index is 0.167. The van der Waals surface area contributed by atoms with E-state index in [1.165, 1.54) is 10.7 Å². The number of aliphatic hydroxyl groups excluding tert-OH is 1. The molecule has 1 aliphatic heterocycles. The van der Waals surface area contributed by atoms with E-state index in [4.69, 9.17) is 0 Å². The van der Waals surface area contributed by atoms with Crippen LogP contribution in [0.4, 0.5) is 5.95 Å². The van der Waals surface area contributed by atoms with E-state index >= 15 is 0 Å². The molecule has 1 amide bonds. The maximum absolute atomic E-state index is 13.2. The smallest absolute Gasteiger partial charge is 0.267 e. The quantitative estimate of drug-likeness (QED) is 0.416. The number of likely N-dealkylation sites (tertiary alicyclic amines) is 1.